The summed E-state index contributed by atoms with van der Waals surface area (Å²) >= 11 is 7.45. The summed E-state index contributed by atoms with van der Waals surface area (Å²) in [6.45, 7) is 5.00. The molecule has 102 valence electrons. The maximum Gasteiger partial charge on any atom is 0.142 e. The Balaban J connectivity index is 2.01. The van der Waals surface area contributed by atoms with Crippen LogP contribution in [0.15, 0.2) is 29.6 Å². The smallest absolute Gasteiger partial charge is 0.142 e. The first-order valence-corrected chi connectivity index (χ1v) is 7.61. The number of hydrogen-bond donors (Lipinski definition) is 1. The summed E-state index contributed by atoms with van der Waals surface area (Å²) in [5.74, 6) is -0.363. The van der Waals surface area contributed by atoms with E-state index >= 15 is 0 Å². The zero-order valence-corrected chi connectivity index (χ0v) is 12.6. The van der Waals surface area contributed by atoms with Crippen LogP contribution in [0.4, 0.5) is 4.39 Å². The average molecular weight is 298 g/mol. The molecule has 0 saturated carbocycles. The highest BCUT2D eigenvalue weighted by atomic mass is 35.5. The fourth-order valence-electron chi connectivity index (χ4n) is 1.98. The fourth-order valence-corrected chi connectivity index (χ4v) is 3.03. The van der Waals surface area contributed by atoms with Gasteiger partial charge in [0.05, 0.1) is 5.02 Å². The molecule has 0 amide bonds. The van der Waals surface area contributed by atoms with Crippen LogP contribution in [0, 0.1) is 5.82 Å². The molecule has 2 rings (SSSR count). The number of rotatable bonds is 5. The van der Waals surface area contributed by atoms with E-state index in [2.05, 4.69) is 23.7 Å². The zero-order valence-electron chi connectivity index (χ0n) is 11.0. The highest BCUT2D eigenvalue weighted by molar-refractivity contribution is 7.10. The predicted octanol–water partition coefficient (Wildman–Crippen LogP) is 4.95. The average Bonchev–Trinajstić information content (AvgIpc) is 2.86. The van der Waals surface area contributed by atoms with Gasteiger partial charge in [-0.3, -0.25) is 0 Å². The number of nitrogens with one attached hydrogen (secondary N) is 1. The van der Waals surface area contributed by atoms with Gasteiger partial charge in [0.15, 0.2) is 0 Å². The third kappa shape index (κ3) is 3.56. The predicted molar refractivity (Wildman–Crippen MR) is 80.4 cm³/mol. The van der Waals surface area contributed by atoms with Crippen LogP contribution < -0.4 is 5.32 Å². The molecular formula is C15H17ClFNS. The lowest BCUT2D eigenvalue weighted by Gasteiger charge is -2.14. The Morgan fingerprint density at radius 3 is 2.84 bits per heavy atom. The minimum absolute atomic E-state index is 0.0959. The molecule has 0 spiro atoms. The SMILES string of the molecule is CCc1ccsc1CNC(C)c1ccc(Cl)c(F)c1. The van der Waals surface area contributed by atoms with Gasteiger partial charge in [0.2, 0.25) is 0 Å². The molecule has 1 heterocycles. The molecule has 1 aromatic heterocycles. The van der Waals surface area contributed by atoms with Crippen LogP contribution in [0.1, 0.15) is 35.9 Å². The largest absolute Gasteiger partial charge is 0.305 e. The van der Waals surface area contributed by atoms with Crippen LogP contribution in [-0.2, 0) is 13.0 Å². The van der Waals surface area contributed by atoms with E-state index in [-0.39, 0.29) is 16.9 Å². The van der Waals surface area contributed by atoms with E-state index < -0.39 is 0 Å². The van der Waals surface area contributed by atoms with Gasteiger partial charge in [0.1, 0.15) is 5.82 Å². The van der Waals surface area contributed by atoms with E-state index in [0.29, 0.717) is 0 Å². The van der Waals surface area contributed by atoms with Crippen LogP contribution in [-0.4, -0.2) is 0 Å². The molecule has 4 heteroatoms. The monoisotopic (exact) mass is 297 g/mol. The Bertz CT molecular complexity index is 553. The summed E-state index contributed by atoms with van der Waals surface area (Å²) < 4.78 is 13.4. The molecule has 0 saturated heterocycles. The summed E-state index contributed by atoms with van der Waals surface area (Å²) in [5.41, 5.74) is 2.29. The molecule has 0 radical (unpaired) electrons. The first-order chi connectivity index (χ1) is 9.11. The van der Waals surface area contributed by atoms with Crippen molar-refractivity contribution in [1.82, 2.24) is 5.32 Å². The van der Waals surface area contributed by atoms with E-state index in [4.69, 9.17) is 11.6 Å². The first-order valence-electron chi connectivity index (χ1n) is 6.35. The molecule has 1 N–H and O–H groups in total. The summed E-state index contributed by atoms with van der Waals surface area (Å²) in [6.07, 6.45) is 1.05. The Kier molecular flexibility index (Phi) is 4.97. The van der Waals surface area contributed by atoms with Crippen molar-refractivity contribution in [3.63, 3.8) is 0 Å². The molecule has 2 aromatic rings. The fraction of sp³-hybridized carbons (Fsp3) is 0.333. The van der Waals surface area contributed by atoms with Crippen molar-refractivity contribution in [2.45, 2.75) is 32.9 Å². The number of hydrogen-bond acceptors (Lipinski definition) is 2. The molecule has 1 unspecified atom stereocenters. The van der Waals surface area contributed by atoms with E-state index in [1.54, 1.807) is 17.4 Å². The minimum Gasteiger partial charge on any atom is -0.305 e. The van der Waals surface area contributed by atoms with Gasteiger partial charge in [-0.05, 0) is 48.1 Å². The molecular weight excluding hydrogens is 281 g/mol. The van der Waals surface area contributed by atoms with Crippen LogP contribution >= 0.6 is 22.9 Å². The molecule has 1 atom stereocenters. The maximum atomic E-state index is 13.4. The van der Waals surface area contributed by atoms with Crippen molar-refractivity contribution in [3.05, 3.63) is 56.5 Å². The molecule has 1 nitrogen and oxygen atoms in total. The summed E-state index contributed by atoms with van der Waals surface area (Å²) in [5, 5.41) is 5.71. The Labute approximate surface area is 122 Å². The van der Waals surface area contributed by atoms with Gasteiger partial charge in [-0.15, -0.1) is 11.3 Å². The van der Waals surface area contributed by atoms with E-state index in [1.165, 1.54) is 16.5 Å². The second-order valence-electron chi connectivity index (χ2n) is 4.50. The lowest BCUT2D eigenvalue weighted by Crippen LogP contribution is -2.18. The van der Waals surface area contributed by atoms with Crippen molar-refractivity contribution in [2.24, 2.45) is 0 Å². The van der Waals surface area contributed by atoms with Gasteiger partial charge in [0.25, 0.3) is 0 Å². The summed E-state index contributed by atoms with van der Waals surface area (Å²) in [7, 11) is 0. The molecule has 0 aliphatic heterocycles. The van der Waals surface area contributed by atoms with Gasteiger partial charge in [-0.2, -0.15) is 0 Å². The normalized spacial score (nSPS) is 12.6. The maximum absolute atomic E-state index is 13.4. The molecule has 0 aliphatic rings. The number of benzene rings is 1. The third-order valence-corrected chi connectivity index (χ3v) is 4.50. The van der Waals surface area contributed by atoms with Crippen molar-refractivity contribution in [3.8, 4) is 0 Å². The second kappa shape index (κ2) is 6.51. The molecule has 0 bridgehead atoms. The van der Waals surface area contributed by atoms with Crippen LogP contribution in [0.3, 0.4) is 0 Å². The van der Waals surface area contributed by atoms with Gasteiger partial charge in [-0.25, -0.2) is 4.39 Å². The minimum atomic E-state index is -0.363. The Morgan fingerprint density at radius 1 is 1.37 bits per heavy atom. The number of thiophene rings is 1. The van der Waals surface area contributed by atoms with E-state index in [0.717, 1.165) is 18.5 Å². The van der Waals surface area contributed by atoms with Gasteiger partial charge in [-0.1, -0.05) is 24.6 Å². The quantitative estimate of drug-likeness (QED) is 0.823. The molecule has 1 aromatic carbocycles. The summed E-state index contributed by atoms with van der Waals surface area (Å²) in [4.78, 5) is 1.35. The van der Waals surface area contributed by atoms with Crippen molar-refractivity contribution in [2.75, 3.05) is 0 Å². The van der Waals surface area contributed by atoms with Gasteiger partial charge in [0, 0.05) is 17.5 Å². The van der Waals surface area contributed by atoms with E-state index in [9.17, 15) is 4.39 Å². The van der Waals surface area contributed by atoms with Crippen molar-refractivity contribution >= 4 is 22.9 Å². The topological polar surface area (TPSA) is 12.0 Å². The third-order valence-electron chi connectivity index (χ3n) is 3.23. The molecule has 19 heavy (non-hydrogen) atoms. The van der Waals surface area contributed by atoms with Crippen LogP contribution in [0.2, 0.25) is 5.02 Å². The highest BCUT2D eigenvalue weighted by Gasteiger charge is 2.09. The van der Waals surface area contributed by atoms with Gasteiger partial charge < -0.3 is 5.32 Å². The van der Waals surface area contributed by atoms with Crippen LogP contribution in [0.5, 0.6) is 0 Å². The first kappa shape index (κ1) is 14.5. The van der Waals surface area contributed by atoms with Crippen molar-refractivity contribution in [1.29, 1.82) is 0 Å². The summed E-state index contributed by atoms with van der Waals surface area (Å²) in [6, 6.07) is 7.22. The number of aryl methyl sites for hydroxylation is 1. The van der Waals surface area contributed by atoms with Crippen molar-refractivity contribution < 1.29 is 4.39 Å². The Hall–Kier alpha value is -0.900. The zero-order chi connectivity index (χ0) is 13.8. The highest BCUT2D eigenvalue weighted by Crippen LogP contribution is 2.22. The molecule has 0 aliphatic carbocycles. The molecule has 0 fully saturated rings. The van der Waals surface area contributed by atoms with Gasteiger partial charge >= 0.3 is 0 Å². The lowest BCUT2D eigenvalue weighted by atomic mass is 10.1. The van der Waals surface area contributed by atoms with Crippen LogP contribution in [0.25, 0.3) is 0 Å². The van der Waals surface area contributed by atoms with E-state index in [1.807, 2.05) is 13.0 Å². The lowest BCUT2D eigenvalue weighted by molar-refractivity contribution is 0.567. The Morgan fingerprint density at radius 2 is 2.16 bits per heavy atom. The second-order valence-corrected chi connectivity index (χ2v) is 5.91. The number of halogens is 2. The standard InChI is InChI=1S/C15H17ClFNS/c1-3-11-6-7-19-15(11)9-18-10(2)12-4-5-13(16)14(17)8-12/h4-8,10,18H,3,9H2,1-2H3.